The lowest BCUT2D eigenvalue weighted by Crippen LogP contribution is -2.30. The molecule has 1 aliphatic heterocycles. The predicted molar refractivity (Wildman–Crippen MR) is 83.6 cm³/mol. The van der Waals surface area contributed by atoms with Crippen molar-refractivity contribution in [3.63, 3.8) is 0 Å². The lowest BCUT2D eigenvalue weighted by atomic mass is 10.0. The Balaban J connectivity index is 1.52. The second kappa shape index (κ2) is 6.24. The molecule has 1 heterocycles. The summed E-state index contributed by atoms with van der Waals surface area (Å²) in [7, 11) is 1.63. The van der Waals surface area contributed by atoms with Crippen LogP contribution in [-0.2, 0) is 20.8 Å². The molecule has 1 aliphatic carbocycles. The van der Waals surface area contributed by atoms with Gasteiger partial charge in [0.1, 0.15) is 5.75 Å². The van der Waals surface area contributed by atoms with Crippen molar-refractivity contribution in [2.75, 3.05) is 13.7 Å². The van der Waals surface area contributed by atoms with Crippen molar-refractivity contribution >= 4 is 23.8 Å². The third kappa shape index (κ3) is 3.41. The summed E-state index contributed by atoms with van der Waals surface area (Å²) in [6.07, 6.45) is 2.98. The number of ether oxygens (including phenoxy) is 1. The van der Waals surface area contributed by atoms with Crippen LogP contribution in [0.5, 0.6) is 5.75 Å². The topological polar surface area (TPSA) is 84.5 Å². The molecule has 6 heteroatoms. The van der Waals surface area contributed by atoms with Gasteiger partial charge in [0.05, 0.1) is 13.0 Å². The van der Waals surface area contributed by atoms with Crippen LogP contribution in [0.2, 0.25) is 0 Å². The molecule has 6 nitrogen and oxygen atoms in total. The molecule has 0 saturated carbocycles. The Morgan fingerprint density at radius 1 is 1.39 bits per heavy atom. The Hall–Kier alpha value is -2.63. The maximum Gasteiger partial charge on any atom is 0.230 e. The molecule has 2 aliphatic rings. The number of carbonyl (C=O) groups excluding carboxylic acids is 3. The van der Waals surface area contributed by atoms with Crippen molar-refractivity contribution in [3.05, 3.63) is 34.9 Å². The van der Waals surface area contributed by atoms with Gasteiger partial charge in [-0.2, -0.15) is 0 Å². The van der Waals surface area contributed by atoms with Crippen LogP contribution in [-0.4, -0.2) is 31.4 Å². The van der Waals surface area contributed by atoms with E-state index in [1.807, 2.05) is 24.3 Å². The first kappa shape index (κ1) is 15.3. The van der Waals surface area contributed by atoms with Crippen LogP contribution < -0.4 is 15.4 Å². The maximum absolute atomic E-state index is 11.9. The number of carbonyl (C=O) groups is 3. The average molecular weight is 314 g/mol. The fourth-order valence-electron chi connectivity index (χ4n) is 2.90. The summed E-state index contributed by atoms with van der Waals surface area (Å²) in [4.78, 5) is 34.5. The van der Waals surface area contributed by atoms with Gasteiger partial charge in [0.15, 0.2) is 0 Å². The van der Waals surface area contributed by atoms with Crippen molar-refractivity contribution in [1.29, 1.82) is 0 Å². The molecule has 2 N–H and O–H groups in total. The highest BCUT2D eigenvalue weighted by Crippen LogP contribution is 2.28. The summed E-state index contributed by atoms with van der Waals surface area (Å²) in [5.74, 6) is -0.613. The third-order valence-electron chi connectivity index (χ3n) is 4.14. The largest absolute Gasteiger partial charge is 0.497 e. The Bertz CT molecular complexity index is 709. The van der Waals surface area contributed by atoms with Gasteiger partial charge in [0, 0.05) is 19.4 Å². The molecule has 3 rings (SSSR count). The quantitative estimate of drug-likeness (QED) is 0.788. The van der Waals surface area contributed by atoms with E-state index in [1.165, 1.54) is 5.56 Å². The summed E-state index contributed by atoms with van der Waals surface area (Å²) in [6, 6.07) is 5.91. The summed E-state index contributed by atoms with van der Waals surface area (Å²) >= 11 is 0. The number of methoxy groups -OCH3 is 1. The molecule has 120 valence electrons. The van der Waals surface area contributed by atoms with Crippen LogP contribution in [0.3, 0.4) is 0 Å². The van der Waals surface area contributed by atoms with E-state index in [2.05, 4.69) is 10.6 Å². The zero-order chi connectivity index (χ0) is 16.4. The Morgan fingerprint density at radius 2 is 2.22 bits per heavy atom. The Kier molecular flexibility index (Phi) is 4.14. The fourth-order valence-corrected chi connectivity index (χ4v) is 2.90. The van der Waals surface area contributed by atoms with Gasteiger partial charge in [-0.05, 0) is 35.3 Å². The number of fused-ring (bicyclic) bond motifs is 1. The van der Waals surface area contributed by atoms with Crippen LogP contribution in [0.15, 0.2) is 23.8 Å². The van der Waals surface area contributed by atoms with Gasteiger partial charge in [-0.25, -0.2) is 0 Å². The molecule has 0 radical (unpaired) electrons. The van der Waals surface area contributed by atoms with Crippen molar-refractivity contribution in [2.24, 2.45) is 5.92 Å². The molecular weight excluding hydrogens is 296 g/mol. The van der Waals surface area contributed by atoms with Gasteiger partial charge in [0.2, 0.25) is 17.7 Å². The molecule has 1 unspecified atom stereocenters. The molecular formula is C17H18N2O4. The lowest BCUT2D eigenvalue weighted by Gasteiger charge is -2.08. The van der Waals surface area contributed by atoms with Crippen LogP contribution in [0.4, 0.5) is 0 Å². The fraction of sp³-hybridized carbons (Fsp3) is 0.353. The van der Waals surface area contributed by atoms with E-state index in [-0.39, 0.29) is 30.6 Å². The van der Waals surface area contributed by atoms with E-state index < -0.39 is 5.92 Å². The smallest absolute Gasteiger partial charge is 0.230 e. The highest BCUT2D eigenvalue weighted by molar-refractivity contribution is 6.04. The summed E-state index contributed by atoms with van der Waals surface area (Å²) in [5, 5.41) is 5.03. The minimum absolute atomic E-state index is 0.0472. The van der Waals surface area contributed by atoms with Crippen molar-refractivity contribution < 1.29 is 19.1 Å². The monoisotopic (exact) mass is 314 g/mol. The highest BCUT2D eigenvalue weighted by atomic mass is 16.5. The van der Waals surface area contributed by atoms with Crippen molar-refractivity contribution in [2.45, 2.75) is 19.3 Å². The zero-order valence-corrected chi connectivity index (χ0v) is 12.8. The van der Waals surface area contributed by atoms with Crippen LogP contribution in [0.1, 0.15) is 24.0 Å². The second-order valence-electron chi connectivity index (χ2n) is 5.84. The first-order valence-corrected chi connectivity index (χ1v) is 7.52. The SMILES string of the molecule is COc1ccc2c(c1)C=C(CNC(=O)CC1CC(=O)NC1=O)C2. The van der Waals surface area contributed by atoms with E-state index in [0.717, 1.165) is 23.3 Å². The first-order chi connectivity index (χ1) is 11.0. The van der Waals surface area contributed by atoms with Gasteiger partial charge in [0.25, 0.3) is 0 Å². The highest BCUT2D eigenvalue weighted by Gasteiger charge is 2.32. The summed E-state index contributed by atoms with van der Waals surface area (Å²) in [6.45, 7) is 0.443. The molecule has 0 aromatic heterocycles. The van der Waals surface area contributed by atoms with E-state index in [0.29, 0.717) is 6.54 Å². The van der Waals surface area contributed by atoms with E-state index in [1.54, 1.807) is 7.11 Å². The Labute approximate surface area is 133 Å². The number of rotatable bonds is 5. The molecule has 0 bridgehead atoms. The number of benzene rings is 1. The van der Waals surface area contributed by atoms with Gasteiger partial charge in [-0.3, -0.25) is 19.7 Å². The molecule has 1 aromatic rings. The van der Waals surface area contributed by atoms with Crippen LogP contribution >= 0.6 is 0 Å². The second-order valence-corrected chi connectivity index (χ2v) is 5.84. The molecule has 1 atom stereocenters. The predicted octanol–water partition coefficient (Wildman–Crippen LogP) is 0.804. The zero-order valence-electron chi connectivity index (χ0n) is 12.8. The Morgan fingerprint density at radius 3 is 2.91 bits per heavy atom. The number of nitrogens with one attached hydrogen (secondary N) is 2. The molecule has 0 spiro atoms. The van der Waals surface area contributed by atoms with Crippen LogP contribution in [0.25, 0.3) is 6.08 Å². The summed E-state index contributed by atoms with van der Waals surface area (Å²) in [5.41, 5.74) is 3.42. The standard InChI is InChI=1S/C17H18N2O4/c1-23-14-3-2-11-4-10(5-12(11)6-14)9-18-15(20)7-13-8-16(21)19-17(13)22/h2-3,5-6,13H,4,7-9H2,1H3,(H,18,20)(H,19,21,22). The van der Waals surface area contributed by atoms with Gasteiger partial charge >= 0.3 is 0 Å². The van der Waals surface area contributed by atoms with E-state index in [9.17, 15) is 14.4 Å². The maximum atomic E-state index is 11.9. The van der Waals surface area contributed by atoms with E-state index in [4.69, 9.17) is 4.74 Å². The molecule has 23 heavy (non-hydrogen) atoms. The minimum Gasteiger partial charge on any atom is -0.497 e. The van der Waals surface area contributed by atoms with Crippen molar-refractivity contribution in [3.8, 4) is 5.75 Å². The first-order valence-electron chi connectivity index (χ1n) is 7.52. The van der Waals surface area contributed by atoms with Gasteiger partial charge in [-0.15, -0.1) is 0 Å². The molecule has 1 saturated heterocycles. The molecule has 3 amide bonds. The number of hydrogen-bond donors (Lipinski definition) is 2. The lowest BCUT2D eigenvalue weighted by molar-refractivity contribution is -0.129. The number of hydrogen-bond acceptors (Lipinski definition) is 4. The molecule has 1 fully saturated rings. The summed E-state index contributed by atoms with van der Waals surface area (Å²) < 4.78 is 5.20. The number of imide groups is 1. The van der Waals surface area contributed by atoms with Crippen LogP contribution in [0, 0.1) is 5.92 Å². The van der Waals surface area contributed by atoms with Gasteiger partial charge in [-0.1, -0.05) is 12.1 Å². The average Bonchev–Trinajstić information content (AvgIpc) is 3.07. The molecule has 1 aromatic carbocycles. The normalized spacial score (nSPS) is 19.2. The van der Waals surface area contributed by atoms with Gasteiger partial charge < -0.3 is 10.1 Å². The third-order valence-corrected chi connectivity index (χ3v) is 4.14. The minimum atomic E-state index is -0.540. The van der Waals surface area contributed by atoms with Crippen molar-refractivity contribution in [1.82, 2.24) is 10.6 Å². The van der Waals surface area contributed by atoms with E-state index >= 15 is 0 Å². The number of amides is 3.